The second-order valence-electron chi connectivity index (χ2n) is 5.15. The predicted molar refractivity (Wildman–Crippen MR) is 43.0 cm³/mol. The van der Waals surface area contributed by atoms with Crippen molar-refractivity contribution in [2.75, 3.05) is 0 Å². The second-order valence-corrected chi connectivity index (χ2v) is 5.15. The van der Waals surface area contributed by atoms with Gasteiger partial charge in [-0.3, -0.25) is 0 Å². The maximum Gasteiger partial charge on any atom is 0.0175 e. The van der Waals surface area contributed by atoms with Crippen LogP contribution < -0.4 is 5.32 Å². The molecule has 2 aliphatic heterocycles. The van der Waals surface area contributed by atoms with Crippen LogP contribution in [-0.2, 0) is 0 Å². The van der Waals surface area contributed by atoms with Crippen molar-refractivity contribution in [3.63, 3.8) is 0 Å². The number of fused-ring (bicyclic) bond motifs is 2. The molecule has 3 fully saturated rings. The summed E-state index contributed by atoms with van der Waals surface area (Å²) in [7, 11) is 0. The quantitative estimate of drug-likeness (QED) is 0.540. The molecular weight excluding hydrogens is 122 g/mol. The van der Waals surface area contributed by atoms with Crippen LogP contribution >= 0.6 is 0 Å². The lowest BCUT2D eigenvalue weighted by molar-refractivity contribution is 0.00555. The maximum atomic E-state index is 3.61. The Balaban J connectivity index is 2.12. The van der Waals surface area contributed by atoms with E-state index < -0.39 is 0 Å². The first-order valence-corrected chi connectivity index (χ1v) is 4.27. The lowest BCUT2D eigenvalue weighted by atomic mass is 9.61. The Hall–Kier alpha value is -0.0400. The Labute approximate surface area is 63.2 Å². The van der Waals surface area contributed by atoms with Gasteiger partial charge in [-0.05, 0) is 31.6 Å². The van der Waals surface area contributed by atoms with Gasteiger partial charge in [-0.15, -0.1) is 0 Å². The van der Waals surface area contributed by atoms with E-state index in [4.69, 9.17) is 0 Å². The summed E-state index contributed by atoms with van der Waals surface area (Å²) in [5, 5.41) is 3.61. The van der Waals surface area contributed by atoms with Crippen LogP contribution in [0.4, 0.5) is 0 Å². The highest BCUT2D eigenvalue weighted by Crippen LogP contribution is 2.47. The average molecular weight is 139 g/mol. The zero-order valence-corrected chi connectivity index (χ0v) is 7.20. The summed E-state index contributed by atoms with van der Waals surface area (Å²) in [5.74, 6) is 0. The molecule has 2 atom stereocenters. The minimum atomic E-state index is 0.506. The third-order valence-corrected chi connectivity index (χ3v) is 2.92. The van der Waals surface area contributed by atoms with E-state index >= 15 is 0 Å². The molecule has 58 valence electrons. The lowest BCUT2D eigenvalue weighted by Gasteiger charge is -2.58. The van der Waals surface area contributed by atoms with Gasteiger partial charge >= 0.3 is 0 Å². The van der Waals surface area contributed by atoms with Crippen LogP contribution in [0.15, 0.2) is 0 Å². The zero-order chi connectivity index (χ0) is 7.41. The number of hydrogen-bond acceptors (Lipinski definition) is 1. The van der Waals surface area contributed by atoms with E-state index in [-0.39, 0.29) is 0 Å². The fourth-order valence-corrected chi connectivity index (χ4v) is 3.06. The third kappa shape index (κ3) is 0.878. The monoisotopic (exact) mass is 139 g/mol. The van der Waals surface area contributed by atoms with E-state index in [0.717, 1.165) is 6.04 Å². The number of piperidine rings is 1. The first-order valence-electron chi connectivity index (χ1n) is 4.27. The third-order valence-electron chi connectivity index (χ3n) is 2.92. The van der Waals surface area contributed by atoms with Crippen LogP contribution in [0.3, 0.4) is 0 Å². The van der Waals surface area contributed by atoms with E-state index in [1.54, 1.807) is 0 Å². The summed E-state index contributed by atoms with van der Waals surface area (Å²) in [4.78, 5) is 0. The van der Waals surface area contributed by atoms with E-state index in [1.165, 1.54) is 19.3 Å². The molecule has 1 N–H and O–H groups in total. The van der Waals surface area contributed by atoms with Gasteiger partial charge in [0.15, 0.2) is 0 Å². The first kappa shape index (κ1) is 6.66. The molecule has 0 radical (unpaired) electrons. The molecule has 0 spiro atoms. The van der Waals surface area contributed by atoms with Crippen molar-refractivity contribution in [2.45, 2.75) is 51.6 Å². The minimum Gasteiger partial charge on any atom is -0.309 e. The number of rotatable bonds is 0. The van der Waals surface area contributed by atoms with Crippen molar-refractivity contribution in [1.29, 1.82) is 0 Å². The molecular formula is C9H17N. The normalized spacial score (nSPS) is 50.1. The summed E-state index contributed by atoms with van der Waals surface area (Å²) in [5.41, 5.74) is 1.11. The molecule has 0 amide bonds. The molecule has 10 heavy (non-hydrogen) atoms. The van der Waals surface area contributed by atoms with Crippen molar-refractivity contribution >= 4 is 0 Å². The van der Waals surface area contributed by atoms with Crippen molar-refractivity contribution < 1.29 is 0 Å². The van der Waals surface area contributed by atoms with Gasteiger partial charge in [0.2, 0.25) is 0 Å². The molecule has 3 aliphatic rings. The van der Waals surface area contributed by atoms with Gasteiger partial charge in [-0.2, -0.15) is 0 Å². The smallest absolute Gasteiger partial charge is 0.0175 e. The largest absolute Gasteiger partial charge is 0.309 e. The molecule has 2 unspecified atom stereocenters. The van der Waals surface area contributed by atoms with Crippen molar-refractivity contribution in [1.82, 2.24) is 5.32 Å². The van der Waals surface area contributed by atoms with E-state index in [0.29, 0.717) is 11.0 Å². The maximum absolute atomic E-state index is 3.61. The van der Waals surface area contributed by atoms with Gasteiger partial charge < -0.3 is 5.32 Å². The molecule has 1 aliphatic carbocycles. The van der Waals surface area contributed by atoms with Crippen LogP contribution in [0.2, 0.25) is 0 Å². The number of nitrogens with one attached hydrogen (secondary N) is 1. The highest BCUT2D eigenvalue weighted by atomic mass is 15.1. The predicted octanol–water partition coefficient (Wildman–Crippen LogP) is 1.93. The lowest BCUT2D eigenvalue weighted by Crippen LogP contribution is -2.68. The van der Waals surface area contributed by atoms with E-state index in [9.17, 15) is 0 Å². The SMILES string of the molecule is CC1(C)CC2CC(C)(C1)N2. The highest BCUT2D eigenvalue weighted by molar-refractivity contribution is 5.08. The molecule has 3 rings (SSSR count). The van der Waals surface area contributed by atoms with Crippen LogP contribution in [0.1, 0.15) is 40.0 Å². The Morgan fingerprint density at radius 3 is 2.10 bits per heavy atom. The first-order chi connectivity index (χ1) is 4.49. The highest BCUT2D eigenvalue weighted by Gasteiger charge is 2.49. The zero-order valence-electron chi connectivity index (χ0n) is 7.20. The molecule has 2 saturated heterocycles. The van der Waals surface area contributed by atoms with Gasteiger partial charge in [0.1, 0.15) is 0 Å². The Morgan fingerprint density at radius 1 is 1.20 bits per heavy atom. The fourth-order valence-electron chi connectivity index (χ4n) is 3.06. The standard InChI is InChI=1S/C9H17N/c1-8(2)4-7-5-9(3,6-8)10-7/h7,10H,4-6H2,1-3H3. The van der Waals surface area contributed by atoms with Gasteiger partial charge in [-0.25, -0.2) is 0 Å². The molecule has 0 aromatic heterocycles. The van der Waals surface area contributed by atoms with Gasteiger partial charge in [0.05, 0.1) is 0 Å². The molecule has 1 heteroatoms. The van der Waals surface area contributed by atoms with E-state index in [2.05, 4.69) is 26.1 Å². The van der Waals surface area contributed by atoms with Crippen molar-refractivity contribution in [3.8, 4) is 0 Å². The fraction of sp³-hybridized carbons (Fsp3) is 1.00. The molecule has 0 aromatic carbocycles. The second kappa shape index (κ2) is 1.58. The topological polar surface area (TPSA) is 12.0 Å². The van der Waals surface area contributed by atoms with Gasteiger partial charge in [0, 0.05) is 11.6 Å². The van der Waals surface area contributed by atoms with E-state index in [1.807, 2.05) is 0 Å². The Kier molecular flexibility index (Phi) is 1.05. The van der Waals surface area contributed by atoms with Crippen molar-refractivity contribution in [3.05, 3.63) is 0 Å². The Bertz CT molecular complexity index is 151. The summed E-state index contributed by atoms with van der Waals surface area (Å²) >= 11 is 0. The molecule has 1 nitrogen and oxygen atoms in total. The van der Waals surface area contributed by atoms with Crippen LogP contribution in [0.25, 0.3) is 0 Å². The summed E-state index contributed by atoms with van der Waals surface area (Å²) in [6.07, 6.45) is 4.15. The average Bonchev–Trinajstić information content (AvgIpc) is 1.54. The van der Waals surface area contributed by atoms with Crippen molar-refractivity contribution in [2.24, 2.45) is 5.41 Å². The Morgan fingerprint density at radius 2 is 1.80 bits per heavy atom. The van der Waals surface area contributed by atoms with Gasteiger partial charge in [-0.1, -0.05) is 13.8 Å². The molecule has 1 saturated carbocycles. The van der Waals surface area contributed by atoms with Crippen LogP contribution in [0, 0.1) is 5.41 Å². The number of hydrogen-bond donors (Lipinski definition) is 1. The van der Waals surface area contributed by atoms with Crippen LogP contribution in [0.5, 0.6) is 0 Å². The molecule has 2 heterocycles. The molecule has 0 aromatic rings. The summed E-state index contributed by atoms with van der Waals surface area (Å²) < 4.78 is 0. The summed E-state index contributed by atoms with van der Waals surface area (Å²) in [6.45, 7) is 7.13. The van der Waals surface area contributed by atoms with Gasteiger partial charge in [0.25, 0.3) is 0 Å². The summed E-state index contributed by atoms with van der Waals surface area (Å²) in [6, 6.07) is 0.841. The van der Waals surface area contributed by atoms with Crippen LogP contribution in [-0.4, -0.2) is 11.6 Å². The molecule has 2 bridgehead atoms. The minimum absolute atomic E-state index is 0.506.